The Hall–Kier alpha value is -1.47. The van der Waals surface area contributed by atoms with Crippen molar-refractivity contribution in [3.8, 4) is 0 Å². The van der Waals surface area contributed by atoms with Gasteiger partial charge in [-0.15, -0.1) is 0 Å². The molecule has 0 heterocycles. The number of non-ortho nitro benzene ring substituents is 1. The minimum atomic E-state index is -3.62. The van der Waals surface area contributed by atoms with Gasteiger partial charge in [0.2, 0.25) is 10.0 Å². The van der Waals surface area contributed by atoms with E-state index in [1.54, 1.807) is 0 Å². The van der Waals surface area contributed by atoms with E-state index in [0.717, 1.165) is 37.0 Å². The zero-order valence-corrected chi connectivity index (χ0v) is 14.3. The van der Waals surface area contributed by atoms with Crippen molar-refractivity contribution in [3.63, 3.8) is 0 Å². The predicted octanol–water partition coefficient (Wildman–Crippen LogP) is 3.09. The van der Waals surface area contributed by atoms with Gasteiger partial charge in [-0.25, -0.2) is 13.1 Å². The Morgan fingerprint density at radius 1 is 1.04 bits per heavy atom. The highest BCUT2D eigenvalue weighted by Crippen LogP contribution is 2.59. The Bertz CT molecular complexity index is 722. The molecule has 0 aliphatic heterocycles. The second-order valence-electron chi connectivity index (χ2n) is 7.99. The molecule has 5 rings (SSSR count). The smallest absolute Gasteiger partial charge is 0.258 e. The molecule has 4 aliphatic carbocycles. The van der Waals surface area contributed by atoms with Crippen LogP contribution < -0.4 is 4.72 Å². The minimum Gasteiger partial charge on any atom is -0.258 e. The lowest BCUT2D eigenvalue weighted by molar-refractivity contribution is -0.384. The van der Waals surface area contributed by atoms with Gasteiger partial charge in [0.05, 0.1) is 9.82 Å². The molecule has 1 aromatic carbocycles. The molecule has 0 unspecified atom stereocenters. The van der Waals surface area contributed by atoms with Crippen LogP contribution in [0, 0.1) is 33.3 Å². The molecule has 130 valence electrons. The largest absolute Gasteiger partial charge is 0.269 e. The molecular formula is C17H22N2O4S. The van der Waals surface area contributed by atoms with Crippen molar-refractivity contribution in [3.05, 3.63) is 34.4 Å². The lowest BCUT2D eigenvalue weighted by atomic mass is 9.50. The Labute approximate surface area is 141 Å². The first-order valence-corrected chi connectivity index (χ1v) is 10.1. The van der Waals surface area contributed by atoms with E-state index < -0.39 is 14.9 Å². The molecule has 24 heavy (non-hydrogen) atoms. The summed E-state index contributed by atoms with van der Waals surface area (Å²) in [5.41, 5.74) is 0.0258. The molecule has 7 heteroatoms. The van der Waals surface area contributed by atoms with Gasteiger partial charge in [-0.1, -0.05) is 0 Å². The standard InChI is InChI=1S/C17H22N2O4S/c20-19(21)15-1-3-16(4-2-15)24(22,23)18-11-17-8-12-5-13(9-17)7-14(6-12)10-17/h1-4,12-14,18H,5-11H2. The van der Waals surface area contributed by atoms with Crippen molar-refractivity contribution in [2.24, 2.45) is 23.2 Å². The van der Waals surface area contributed by atoms with Crippen LogP contribution in [0.4, 0.5) is 5.69 Å². The topological polar surface area (TPSA) is 89.3 Å². The van der Waals surface area contributed by atoms with E-state index in [2.05, 4.69) is 4.72 Å². The van der Waals surface area contributed by atoms with E-state index in [1.807, 2.05) is 0 Å². The number of benzene rings is 1. The summed E-state index contributed by atoms with van der Waals surface area (Å²) in [4.78, 5) is 10.3. The molecule has 0 atom stereocenters. The number of rotatable bonds is 5. The van der Waals surface area contributed by atoms with Crippen molar-refractivity contribution in [2.75, 3.05) is 6.54 Å². The second-order valence-corrected chi connectivity index (χ2v) is 9.76. The van der Waals surface area contributed by atoms with Crippen LogP contribution in [0.1, 0.15) is 38.5 Å². The van der Waals surface area contributed by atoms with Crippen LogP contribution in [0.5, 0.6) is 0 Å². The molecular weight excluding hydrogens is 328 g/mol. The van der Waals surface area contributed by atoms with E-state index in [-0.39, 0.29) is 16.0 Å². The highest BCUT2D eigenvalue weighted by molar-refractivity contribution is 7.89. The third-order valence-corrected chi connectivity index (χ3v) is 7.58. The SMILES string of the molecule is O=[N+]([O-])c1ccc(S(=O)(=O)NCC23CC4CC(CC(C4)C2)C3)cc1. The summed E-state index contributed by atoms with van der Waals surface area (Å²) in [5, 5.41) is 10.7. The molecule has 4 saturated carbocycles. The molecule has 6 nitrogen and oxygen atoms in total. The number of nitro groups is 1. The monoisotopic (exact) mass is 350 g/mol. The highest BCUT2D eigenvalue weighted by atomic mass is 32.2. The third-order valence-electron chi connectivity index (χ3n) is 6.16. The Balaban J connectivity index is 1.47. The number of nitrogens with one attached hydrogen (secondary N) is 1. The lowest BCUT2D eigenvalue weighted by Crippen LogP contribution is -2.51. The Kier molecular flexibility index (Phi) is 3.69. The highest BCUT2D eigenvalue weighted by Gasteiger charge is 2.50. The fourth-order valence-corrected chi connectivity index (χ4v) is 6.74. The zero-order chi connectivity index (χ0) is 16.9. The van der Waals surface area contributed by atoms with Gasteiger partial charge in [0.1, 0.15) is 0 Å². The van der Waals surface area contributed by atoms with Crippen molar-refractivity contribution in [1.82, 2.24) is 4.72 Å². The van der Waals surface area contributed by atoms with Gasteiger partial charge in [0.15, 0.2) is 0 Å². The summed E-state index contributed by atoms with van der Waals surface area (Å²) in [5.74, 6) is 2.33. The first-order chi connectivity index (χ1) is 11.4. The average Bonchev–Trinajstić information content (AvgIpc) is 2.52. The van der Waals surface area contributed by atoms with E-state index >= 15 is 0 Å². The molecule has 1 N–H and O–H groups in total. The number of hydrogen-bond acceptors (Lipinski definition) is 4. The minimum absolute atomic E-state index is 0.0952. The van der Waals surface area contributed by atoms with Crippen molar-refractivity contribution < 1.29 is 13.3 Å². The van der Waals surface area contributed by atoms with Crippen LogP contribution in [-0.2, 0) is 10.0 Å². The zero-order valence-electron chi connectivity index (χ0n) is 13.5. The average molecular weight is 350 g/mol. The van der Waals surface area contributed by atoms with Gasteiger partial charge in [-0.2, -0.15) is 0 Å². The molecule has 4 aliphatic rings. The van der Waals surface area contributed by atoms with Crippen LogP contribution in [-0.4, -0.2) is 19.9 Å². The normalized spacial score (nSPS) is 34.4. The maximum atomic E-state index is 12.5. The maximum Gasteiger partial charge on any atom is 0.269 e. The molecule has 4 fully saturated rings. The molecule has 0 saturated heterocycles. The Morgan fingerprint density at radius 3 is 2.00 bits per heavy atom. The first-order valence-electron chi connectivity index (χ1n) is 8.59. The van der Waals surface area contributed by atoms with Gasteiger partial charge < -0.3 is 0 Å². The third kappa shape index (κ3) is 2.84. The summed E-state index contributed by atoms with van der Waals surface area (Å²) in [6.07, 6.45) is 7.41. The van der Waals surface area contributed by atoms with Crippen LogP contribution in [0.3, 0.4) is 0 Å². The number of nitrogens with zero attached hydrogens (tertiary/aromatic N) is 1. The Morgan fingerprint density at radius 2 is 1.54 bits per heavy atom. The van der Waals surface area contributed by atoms with E-state index in [9.17, 15) is 18.5 Å². The molecule has 0 aromatic heterocycles. The number of sulfonamides is 1. The van der Waals surface area contributed by atoms with Gasteiger partial charge in [0, 0.05) is 18.7 Å². The first kappa shape index (κ1) is 16.0. The van der Waals surface area contributed by atoms with Crippen molar-refractivity contribution >= 4 is 15.7 Å². The molecule has 0 radical (unpaired) electrons. The number of nitro benzene ring substituents is 1. The fraction of sp³-hybridized carbons (Fsp3) is 0.647. The van der Waals surface area contributed by atoms with Gasteiger partial charge in [-0.3, -0.25) is 10.1 Å². The van der Waals surface area contributed by atoms with E-state index in [4.69, 9.17) is 0 Å². The predicted molar refractivity (Wildman–Crippen MR) is 88.9 cm³/mol. The molecule has 0 spiro atoms. The van der Waals surface area contributed by atoms with Gasteiger partial charge in [-0.05, 0) is 73.8 Å². The van der Waals surface area contributed by atoms with Gasteiger partial charge in [0.25, 0.3) is 5.69 Å². The van der Waals surface area contributed by atoms with Crippen molar-refractivity contribution in [1.29, 1.82) is 0 Å². The van der Waals surface area contributed by atoms with Crippen LogP contribution >= 0.6 is 0 Å². The maximum absolute atomic E-state index is 12.5. The summed E-state index contributed by atoms with van der Waals surface area (Å²) >= 11 is 0. The van der Waals surface area contributed by atoms with Crippen molar-refractivity contribution in [2.45, 2.75) is 43.4 Å². The fourth-order valence-electron chi connectivity index (χ4n) is 5.58. The summed E-state index contributed by atoms with van der Waals surface area (Å²) < 4.78 is 27.8. The van der Waals surface area contributed by atoms with Gasteiger partial charge >= 0.3 is 0 Å². The molecule has 1 aromatic rings. The van der Waals surface area contributed by atoms with E-state index in [1.165, 1.54) is 43.5 Å². The summed E-state index contributed by atoms with van der Waals surface area (Å²) in [6.45, 7) is 0.496. The lowest BCUT2D eigenvalue weighted by Gasteiger charge is -2.56. The van der Waals surface area contributed by atoms with Crippen LogP contribution in [0.15, 0.2) is 29.2 Å². The quantitative estimate of drug-likeness (QED) is 0.653. The summed E-state index contributed by atoms with van der Waals surface area (Å²) in [6, 6.07) is 5.08. The van der Waals surface area contributed by atoms with Crippen LogP contribution in [0.25, 0.3) is 0 Å². The van der Waals surface area contributed by atoms with E-state index in [0.29, 0.717) is 6.54 Å². The molecule has 0 amide bonds. The van der Waals surface area contributed by atoms with Crippen LogP contribution in [0.2, 0.25) is 0 Å². The second kappa shape index (κ2) is 5.52. The molecule has 4 bridgehead atoms. The number of hydrogen-bond donors (Lipinski definition) is 1. The summed E-state index contributed by atoms with van der Waals surface area (Å²) in [7, 11) is -3.62.